The van der Waals surface area contributed by atoms with Gasteiger partial charge in [-0.05, 0) is 12.8 Å². The number of carboxylic acids is 1. The third-order valence-corrected chi connectivity index (χ3v) is 6.49. The summed E-state index contributed by atoms with van der Waals surface area (Å²) < 4.78 is 28.5. The molecule has 2 aromatic rings. The Kier molecular flexibility index (Phi) is 4.19. The van der Waals surface area contributed by atoms with Crippen molar-refractivity contribution in [3.63, 3.8) is 0 Å². The van der Waals surface area contributed by atoms with E-state index in [4.69, 9.17) is 20.9 Å². The number of nitrogens with two attached hydrogens (primary N) is 2. The molecule has 0 spiro atoms. The quantitative estimate of drug-likeness (QED) is 0.625. The Morgan fingerprint density at radius 2 is 2.10 bits per heavy atom. The molecule has 1 aromatic carbocycles. The highest BCUT2D eigenvalue weighted by Crippen LogP contribution is 2.48. The number of fused-ring (bicyclic) bond motifs is 2. The van der Waals surface area contributed by atoms with E-state index >= 15 is 4.39 Å². The maximum atomic E-state index is 15.7. The number of aromatic nitrogens is 1. The van der Waals surface area contributed by atoms with E-state index in [-0.39, 0.29) is 46.6 Å². The lowest BCUT2D eigenvalue weighted by atomic mass is 10.0. The number of carboxylic acid groups (broad SMARTS) is 1. The molecular weight excluding hydrogens is 395 g/mol. The van der Waals surface area contributed by atoms with Gasteiger partial charge in [-0.2, -0.15) is 0 Å². The molecule has 3 atom stereocenters. The second-order valence-corrected chi connectivity index (χ2v) is 8.23. The van der Waals surface area contributed by atoms with Crippen LogP contribution in [-0.2, 0) is 4.74 Å². The number of nitrogen functional groups attached to an aromatic ring is 1. The minimum Gasteiger partial charge on any atom is -0.492 e. The van der Waals surface area contributed by atoms with E-state index in [1.54, 1.807) is 4.57 Å². The highest BCUT2D eigenvalue weighted by molar-refractivity contribution is 6.03. The van der Waals surface area contributed by atoms with E-state index in [2.05, 4.69) is 0 Å². The zero-order chi connectivity index (χ0) is 21.3. The molecule has 5 N–H and O–H groups in total. The summed E-state index contributed by atoms with van der Waals surface area (Å²) in [4.78, 5) is 26.4. The molecule has 3 heterocycles. The molecule has 3 fully saturated rings. The van der Waals surface area contributed by atoms with Crippen LogP contribution in [-0.4, -0.2) is 54.6 Å². The van der Waals surface area contributed by atoms with Crippen LogP contribution in [0.1, 0.15) is 29.2 Å². The average Bonchev–Trinajstić information content (AvgIpc) is 3.35. The second-order valence-electron chi connectivity index (χ2n) is 8.23. The summed E-state index contributed by atoms with van der Waals surface area (Å²) in [6.45, 7) is 1.31. The summed E-state index contributed by atoms with van der Waals surface area (Å²) in [6, 6.07) is -0.320. The number of pyridine rings is 1. The molecule has 2 aliphatic heterocycles. The Morgan fingerprint density at radius 3 is 2.73 bits per heavy atom. The summed E-state index contributed by atoms with van der Waals surface area (Å²) in [5.74, 6) is -1.96. The lowest BCUT2D eigenvalue weighted by molar-refractivity contribution is 0.0695. The lowest BCUT2D eigenvalue weighted by Crippen LogP contribution is -2.34. The standard InChI is InChI=1S/C20H23FN4O5/c1-29-19-16-13(18(26)9(20(27)28)4-24(16)8-2-3-8)15(23)14(21)17(19)25-5-11(22)10-6-30-7-12(10)25/h4,8,10-12H,2-3,5-7,22-23H2,1H3,(H,27,28)/t10-,11+,12-/m1/s1. The molecule has 3 aliphatic rings. The first-order valence-electron chi connectivity index (χ1n) is 9.92. The van der Waals surface area contributed by atoms with E-state index in [1.807, 2.05) is 4.90 Å². The molecular formula is C20H23FN4O5. The number of rotatable bonds is 4. The van der Waals surface area contributed by atoms with Gasteiger partial charge in [0.05, 0.1) is 43.0 Å². The molecule has 0 unspecified atom stereocenters. The molecule has 1 aliphatic carbocycles. The van der Waals surface area contributed by atoms with Gasteiger partial charge in [-0.25, -0.2) is 9.18 Å². The van der Waals surface area contributed by atoms with Crippen molar-refractivity contribution in [2.75, 3.05) is 37.5 Å². The number of carbonyl (C=O) groups is 1. The number of methoxy groups -OCH3 is 1. The average molecular weight is 418 g/mol. The van der Waals surface area contributed by atoms with Crippen molar-refractivity contribution >= 4 is 28.2 Å². The Morgan fingerprint density at radius 1 is 1.37 bits per heavy atom. The Hall–Kier alpha value is -2.85. The molecule has 30 heavy (non-hydrogen) atoms. The predicted octanol–water partition coefficient (Wildman–Crippen LogP) is 0.927. The van der Waals surface area contributed by atoms with E-state index in [1.165, 1.54) is 13.3 Å². The van der Waals surface area contributed by atoms with Gasteiger partial charge in [0.1, 0.15) is 11.3 Å². The molecule has 0 bridgehead atoms. The molecule has 160 valence electrons. The zero-order valence-corrected chi connectivity index (χ0v) is 16.4. The number of anilines is 2. The van der Waals surface area contributed by atoms with Crippen molar-refractivity contribution in [3.8, 4) is 5.75 Å². The highest BCUT2D eigenvalue weighted by atomic mass is 19.1. The summed E-state index contributed by atoms with van der Waals surface area (Å²) in [7, 11) is 1.40. The van der Waals surface area contributed by atoms with Crippen LogP contribution in [0.25, 0.3) is 10.9 Å². The van der Waals surface area contributed by atoms with Crippen LogP contribution < -0.4 is 26.5 Å². The second kappa shape index (κ2) is 6.58. The lowest BCUT2D eigenvalue weighted by Gasteiger charge is -2.29. The van der Waals surface area contributed by atoms with Crippen LogP contribution in [0.4, 0.5) is 15.8 Å². The van der Waals surface area contributed by atoms with Gasteiger partial charge in [0.15, 0.2) is 11.6 Å². The third kappa shape index (κ3) is 2.53. The first kappa shape index (κ1) is 19.1. The molecule has 1 saturated carbocycles. The van der Waals surface area contributed by atoms with E-state index in [9.17, 15) is 14.7 Å². The molecule has 2 saturated heterocycles. The maximum Gasteiger partial charge on any atom is 0.341 e. The summed E-state index contributed by atoms with van der Waals surface area (Å²) in [6.07, 6.45) is 2.95. The minimum atomic E-state index is -1.38. The van der Waals surface area contributed by atoms with Gasteiger partial charge in [0, 0.05) is 30.7 Å². The topological polar surface area (TPSA) is 133 Å². The molecule has 5 rings (SSSR count). The van der Waals surface area contributed by atoms with Crippen LogP contribution in [0.3, 0.4) is 0 Å². The number of hydrogen-bond acceptors (Lipinski definition) is 7. The van der Waals surface area contributed by atoms with Crippen molar-refractivity contribution in [2.24, 2.45) is 11.7 Å². The van der Waals surface area contributed by atoms with Crippen LogP contribution in [0.2, 0.25) is 0 Å². The molecule has 9 nitrogen and oxygen atoms in total. The van der Waals surface area contributed by atoms with Crippen LogP contribution in [0.15, 0.2) is 11.0 Å². The Balaban J connectivity index is 1.85. The van der Waals surface area contributed by atoms with Crippen LogP contribution >= 0.6 is 0 Å². The Bertz CT molecular complexity index is 1130. The normalized spacial score (nSPS) is 25.7. The van der Waals surface area contributed by atoms with Gasteiger partial charge in [0.25, 0.3) is 0 Å². The van der Waals surface area contributed by atoms with Crippen LogP contribution in [0.5, 0.6) is 5.75 Å². The highest BCUT2D eigenvalue weighted by Gasteiger charge is 2.46. The number of benzene rings is 1. The van der Waals surface area contributed by atoms with E-state index in [0.717, 1.165) is 12.8 Å². The van der Waals surface area contributed by atoms with Crippen molar-refractivity contribution < 1.29 is 23.8 Å². The van der Waals surface area contributed by atoms with Crippen molar-refractivity contribution in [3.05, 3.63) is 27.8 Å². The number of halogens is 1. The molecule has 0 radical (unpaired) electrons. The Labute approximate surface area is 170 Å². The van der Waals surface area contributed by atoms with Crippen molar-refractivity contribution in [2.45, 2.75) is 31.0 Å². The summed E-state index contributed by atoms with van der Waals surface area (Å²) in [5, 5.41) is 9.32. The number of hydrogen-bond donors (Lipinski definition) is 3. The number of nitrogens with zero attached hydrogens (tertiary/aromatic N) is 2. The maximum absolute atomic E-state index is 15.7. The van der Waals surface area contributed by atoms with Gasteiger partial charge < -0.3 is 35.5 Å². The summed E-state index contributed by atoms with van der Waals surface area (Å²) in [5.41, 5.74) is 11.2. The molecule has 0 amide bonds. The van der Waals surface area contributed by atoms with E-state index < -0.39 is 22.8 Å². The zero-order valence-electron chi connectivity index (χ0n) is 16.4. The molecule has 1 aromatic heterocycles. The third-order valence-electron chi connectivity index (χ3n) is 6.49. The van der Waals surface area contributed by atoms with Crippen LogP contribution in [0, 0.1) is 11.7 Å². The fourth-order valence-corrected chi connectivity index (χ4v) is 4.85. The first-order valence-corrected chi connectivity index (χ1v) is 9.92. The first-order chi connectivity index (χ1) is 14.3. The SMILES string of the molecule is COc1c(N2C[C@H](N)[C@H]3COC[C@H]32)c(F)c(N)c2c(=O)c(C(=O)O)cn(C3CC3)c12. The largest absolute Gasteiger partial charge is 0.492 e. The van der Waals surface area contributed by atoms with Crippen molar-refractivity contribution in [1.82, 2.24) is 4.57 Å². The number of aromatic carboxylic acids is 1. The summed E-state index contributed by atoms with van der Waals surface area (Å²) >= 11 is 0. The van der Waals surface area contributed by atoms with Gasteiger partial charge in [-0.15, -0.1) is 0 Å². The van der Waals surface area contributed by atoms with Gasteiger partial charge in [-0.3, -0.25) is 4.79 Å². The monoisotopic (exact) mass is 418 g/mol. The fourth-order valence-electron chi connectivity index (χ4n) is 4.85. The minimum absolute atomic E-state index is 0.00112. The van der Waals surface area contributed by atoms with E-state index in [0.29, 0.717) is 25.3 Å². The van der Waals surface area contributed by atoms with Gasteiger partial charge in [0.2, 0.25) is 5.43 Å². The smallest absolute Gasteiger partial charge is 0.341 e. The number of ether oxygens (including phenoxy) is 2. The fraction of sp³-hybridized carbons (Fsp3) is 0.500. The van der Waals surface area contributed by atoms with Crippen molar-refractivity contribution in [1.29, 1.82) is 0 Å². The predicted molar refractivity (Wildman–Crippen MR) is 108 cm³/mol. The van der Waals surface area contributed by atoms with Gasteiger partial charge >= 0.3 is 5.97 Å². The van der Waals surface area contributed by atoms with Gasteiger partial charge in [-0.1, -0.05) is 0 Å². The molecule has 10 heteroatoms.